The first-order chi connectivity index (χ1) is 6.64. The molecule has 0 saturated heterocycles. The Hall–Kier alpha value is -0.820. The quantitative estimate of drug-likeness (QED) is 0.745. The molecule has 2 heteroatoms. The molecular weight excluding hydrogens is 196 g/mol. The van der Waals surface area contributed by atoms with Crippen molar-refractivity contribution >= 4 is 17.4 Å². The fourth-order valence-corrected chi connectivity index (χ4v) is 2.01. The molecule has 0 unspecified atom stereocenters. The van der Waals surface area contributed by atoms with E-state index in [9.17, 15) is 4.79 Å². The Bertz CT molecular complexity index is 366. The van der Waals surface area contributed by atoms with Crippen molar-refractivity contribution in [1.82, 2.24) is 0 Å². The molecule has 2 rings (SSSR count). The summed E-state index contributed by atoms with van der Waals surface area (Å²) in [5, 5.41) is 0.778. The van der Waals surface area contributed by atoms with E-state index in [0.717, 1.165) is 29.8 Å². The maximum atomic E-state index is 11.4. The molecule has 1 fully saturated rings. The molecule has 74 valence electrons. The number of hydrogen-bond donors (Lipinski definition) is 0. The highest BCUT2D eigenvalue weighted by molar-refractivity contribution is 6.31. The summed E-state index contributed by atoms with van der Waals surface area (Å²) in [4.78, 5) is 11.4. The molecule has 1 nitrogen and oxygen atoms in total. The van der Waals surface area contributed by atoms with E-state index in [2.05, 4.69) is 0 Å². The predicted octanol–water partition coefficient (Wildman–Crippen LogP) is 3.25. The minimum absolute atomic E-state index is 0.0784. The predicted molar refractivity (Wildman–Crippen MR) is 57.5 cm³/mol. The van der Waals surface area contributed by atoms with Crippen LogP contribution in [0.2, 0.25) is 5.02 Å². The first-order valence-corrected chi connectivity index (χ1v) is 5.26. The van der Waals surface area contributed by atoms with Crippen LogP contribution in [0.25, 0.3) is 0 Å². The zero-order valence-electron chi connectivity index (χ0n) is 8.22. The van der Waals surface area contributed by atoms with E-state index in [-0.39, 0.29) is 5.41 Å². The first-order valence-electron chi connectivity index (χ1n) is 4.88. The molecule has 0 amide bonds. The highest BCUT2D eigenvalue weighted by Gasteiger charge is 2.47. The van der Waals surface area contributed by atoms with Crippen molar-refractivity contribution in [3.8, 4) is 0 Å². The van der Waals surface area contributed by atoms with Gasteiger partial charge in [0.2, 0.25) is 0 Å². The number of ketones is 1. The van der Waals surface area contributed by atoms with Crippen LogP contribution in [0.4, 0.5) is 0 Å². The van der Waals surface area contributed by atoms with Crippen LogP contribution < -0.4 is 0 Å². The summed E-state index contributed by atoms with van der Waals surface area (Å²) >= 11 is 6.05. The Morgan fingerprint density at radius 1 is 1.43 bits per heavy atom. The molecule has 14 heavy (non-hydrogen) atoms. The zero-order chi connectivity index (χ0) is 10.2. The van der Waals surface area contributed by atoms with Crippen molar-refractivity contribution in [2.75, 3.05) is 0 Å². The highest BCUT2D eigenvalue weighted by Crippen LogP contribution is 2.49. The van der Waals surface area contributed by atoms with Gasteiger partial charge in [0.1, 0.15) is 5.78 Å². The minimum Gasteiger partial charge on any atom is -0.299 e. The lowest BCUT2D eigenvalue weighted by molar-refractivity contribution is -0.121. The van der Waals surface area contributed by atoms with E-state index < -0.39 is 0 Å². The van der Waals surface area contributed by atoms with Gasteiger partial charge in [-0.05, 0) is 37.8 Å². The second kappa shape index (κ2) is 3.39. The standard InChI is InChI=1S/C12H13ClO/c1-9(14)12(6-7-12)8-10-4-2-3-5-11(10)13/h2-5H,6-8H2,1H3. The summed E-state index contributed by atoms with van der Waals surface area (Å²) in [6, 6.07) is 7.77. The lowest BCUT2D eigenvalue weighted by Gasteiger charge is -2.11. The molecule has 1 aromatic rings. The molecule has 1 aliphatic carbocycles. The van der Waals surface area contributed by atoms with Crippen LogP contribution in [0, 0.1) is 5.41 Å². The van der Waals surface area contributed by atoms with Crippen LogP contribution >= 0.6 is 11.6 Å². The molecule has 0 radical (unpaired) electrons. The van der Waals surface area contributed by atoms with Gasteiger partial charge in [0.15, 0.2) is 0 Å². The maximum Gasteiger partial charge on any atom is 0.136 e. The molecule has 1 saturated carbocycles. The topological polar surface area (TPSA) is 17.1 Å². The summed E-state index contributed by atoms with van der Waals surface area (Å²) in [7, 11) is 0. The van der Waals surface area contributed by atoms with Crippen LogP contribution in [-0.4, -0.2) is 5.78 Å². The van der Waals surface area contributed by atoms with Crippen molar-refractivity contribution in [3.05, 3.63) is 34.9 Å². The summed E-state index contributed by atoms with van der Waals surface area (Å²) < 4.78 is 0. The lowest BCUT2D eigenvalue weighted by Crippen LogP contribution is -2.15. The maximum absolute atomic E-state index is 11.4. The van der Waals surface area contributed by atoms with Gasteiger partial charge in [-0.15, -0.1) is 0 Å². The lowest BCUT2D eigenvalue weighted by atomic mass is 9.93. The Labute approximate surface area is 89.1 Å². The van der Waals surface area contributed by atoms with Gasteiger partial charge in [-0.3, -0.25) is 4.79 Å². The minimum atomic E-state index is -0.0784. The Morgan fingerprint density at radius 3 is 2.57 bits per heavy atom. The summed E-state index contributed by atoms with van der Waals surface area (Å²) in [5.74, 6) is 0.303. The number of halogens is 1. The molecule has 0 N–H and O–H groups in total. The Balaban J connectivity index is 2.19. The molecule has 0 spiro atoms. The molecule has 0 atom stereocenters. The van der Waals surface area contributed by atoms with Gasteiger partial charge < -0.3 is 0 Å². The number of carbonyl (C=O) groups is 1. The van der Waals surface area contributed by atoms with Crippen molar-refractivity contribution in [1.29, 1.82) is 0 Å². The van der Waals surface area contributed by atoms with Crippen LogP contribution in [0.5, 0.6) is 0 Å². The van der Waals surface area contributed by atoms with Crippen molar-refractivity contribution in [3.63, 3.8) is 0 Å². The number of Topliss-reactive ketones (excluding diaryl/α,β-unsaturated/α-hetero) is 1. The highest BCUT2D eigenvalue weighted by atomic mass is 35.5. The summed E-state index contributed by atoms with van der Waals surface area (Å²) in [6.45, 7) is 1.68. The fraction of sp³-hybridized carbons (Fsp3) is 0.417. The molecule has 0 bridgehead atoms. The van der Waals surface area contributed by atoms with Gasteiger partial charge in [0.25, 0.3) is 0 Å². The van der Waals surface area contributed by atoms with Crippen LogP contribution in [0.3, 0.4) is 0 Å². The average Bonchev–Trinajstić information content (AvgIpc) is 2.90. The van der Waals surface area contributed by atoms with Gasteiger partial charge >= 0.3 is 0 Å². The van der Waals surface area contributed by atoms with Crippen molar-refractivity contribution < 1.29 is 4.79 Å². The second-order valence-corrected chi connectivity index (χ2v) is 4.51. The summed E-state index contributed by atoms with van der Waals surface area (Å²) in [6.07, 6.45) is 2.85. The number of carbonyl (C=O) groups excluding carboxylic acids is 1. The Morgan fingerprint density at radius 2 is 2.07 bits per heavy atom. The normalized spacial score (nSPS) is 17.9. The van der Waals surface area contributed by atoms with Gasteiger partial charge in [-0.25, -0.2) is 0 Å². The van der Waals surface area contributed by atoms with E-state index in [1.807, 2.05) is 24.3 Å². The summed E-state index contributed by atoms with van der Waals surface area (Å²) in [5.41, 5.74) is 1.02. The van der Waals surface area contributed by atoms with Crippen molar-refractivity contribution in [2.24, 2.45) is 5.41 Å². The molecule has 0 heterocycles. The second-order valence-electron chi connectivity index (χ2n) is 4.10. The van der Waals surface area contributed by atoms with Crippen LogP contribution in [0.15, 0.2) is 24.3 Å². The van der Waals surface area contributed by atoms with Gasteiger partial charge in [-0.2, -0.15) is 0 Å². The first kappa shape index (κ1) is 9.72. The van der Waals surface area contributed by atoms with E-state index >= 15 is 0 Å². The van der Waals surface area contributed by atoms with Gasteiger partial charge in [0, 0.05) is 10.4 Å². The smallest absolute Gasteiger partial charge is 0.136 e. The third kappa shape index (κ3) is 1.69. The third-order valence-electron chi connectivity index (χ3n) is 3.09. The largest absolute Gasteiger partial charge is 0.299 e. The third-order valence-corrected chi connectivity index (χ3v) is 3.46. The molecule has 1 aromatic carbocycles. The van der Waals surface area contributed by atoms with E-state index in [4.69, 9.17) is 11.6 Å². The van der Waals surface area contributed by atoms with E-state index in [1.165, 1.54) is 0 Å². The zero-order valence-corrected chi connectivity index (χ0v) is 8.97. The Kier molecular flexibility index (Phi) is 2.36. The molecule has 0 aliphatic heterocycles. The van der Waals surface area contributed by atoms with E-state index in [0.29, 0.717) is 5.78 Å². The van der Waals surface area contributed by atoms with Crippen molar-refractivity contribution in [2.45, 2.75) is 26.2 Å². The van der Waals surface area contributed by atoms with E-state index in [1.54, 1.807) is 6.92 Å². The van der Waals surface area contributed by atoms with Crippen LogP contribution in [0.1, 0.15) is 25.3 Å². The number of hydrogen-bond acceptors (Lipinski definition) is 1. The number of benzene rings is 1. The molecule has 0 aromatic heterocycles. The monoisotopic (exact) mass is 208 g/mol. The molecular formula is C12H13ClO. The van der Waals surface area contributed by atoms with Gasteiger partial charge in [-0.1, -0.05) is 29.8 Å². The fourth-order valence-electron chi connectivity index (χ4n) is 1.81. The van der Waals surface area contributed by atoms with Gasteiger partial charge in [0.05, 0.1) is 0 Å². The van der Waals surface area contributed by atoms with Crippen LogP contribution in [-0.2, 0) is 11.2 Å². The average molecular weight is 209 g/mol. The number of rotatable bonds is 3. The molecule has 1 aliphatic rings. The SMILES string of the molecule is CC(=O)C1(Cc2ccccc2Cl)CC1.